The number of hydrogen-bond donors (Lipinski definition) is 3. The summed E-state index contributed by atoms with van der Waals surface area (Å²) in [4.78, 5) is 15.4. The second kappa shape index (κ2) is 7.42. The SMILES string of the molecule is CNCC1CCN(c2cccc3c2n(C)c(=O)n3C2CNCCN2)CC1. The molecule has 2 aliphatic heterocycles. The van der Waals surface area contributed by atoms with Gasteiger partial charge in [0.15, 0.2) is 0 Å². The molecule has 142 valence electrons. The Labute approximate surface area is 154 Å². The summed E-state index contributed by atoms with van der Waals surface area (Å²) in [6.07, 6.45) is 2.40. The molecule has 2 saturated heterocycles. The van der Waals surface area contributed by atoms with Crippen molar-refractivity contribution in [3.8, 4) is 0 Å². The molecule has 0 bridgehead atoms. The molecule has 7 nitrogen and oxygen atoms in total. The quantitative estimate of drug-likeness (QED) is 0.741. The van der Waals surface area contributed by atoms with Gasteiger partial charge in [0, 0.05) is 39.8 Å². The third-order valence-corrected chi connectivity index (χ3v) is 5.86. The van der Waals surface area contributed by atoms with Crippen LogP contribution in [0.1, 0.15) is 19.0 Å². The molecule has 0 spiro atoms. The number of para-hydroxylation sites is 1. The van der Waals surface area contributed by atoms with E-state index >= 15 is 0 Å². The van der Waals surface area contributed by atoms with Crippen molar-refractivity contribution in [1.82, 2.24) is 25.1 Å². The van der Waals surface area contributed by atoms with Crippen molar-refractivity contribution in [2.75, 3.05) is 51.2 Å². The lowest BCUT2D eigenvalue weighted by atomic mass is 9.96. The summed E-state index contributed by atoms with van der Waals surface area (Å²) < 4.78 is 3.74. The minimum absolute atomic E-state index is 0.0107. The van der Waals surface area contributed by atoms with Crippen LogP contribution in [0.4, 0.5) is 5.69 Å². The van der Waals surface area contributed by atoms with Gasteiger partial charge in [-0.2, -0.15) is 0 Å². The van der Waals surface area contributed by atoms with Crippen LogP contribution in [0.5, 0.6) is 0 Å². The van der Waals surface area contributed by atoms with Gasteiger partial charge in [-0.25, -0.2) is 4.79 Å². The van der Waals surface area contributed by atoms with E-state index in [-0.39, 0.29) is 11.9 Å². The standard InChI is InChI=1S/C19H30N6O/c1-20-12-14-6-10-24(11-7-14)15-4-3-5-16-18(15)23(2)19(26)25(16)17-13-21-8-9-22-17/h3-5,14,17,20-22H,6-13H2,1-2H3. The molecule has 3 heterocycles. The van der Waals surface area contributed by atoms with E-state index in [0.717, 1.165) is 56.2 Å². The summed E-state index contributed by atoms with van der Waals surface area (Å²) in [5.74, 6) is 0.751. The van der Waals surface area contributed by atoms with Gasteiger partial charge in [0.1, 0.15) is 6.17 Å². The van der Waals surface area contributed by atoms with Gasteiger partial charge in [-0.05, 0) is 44.5 Å². The van der Waals surface area contributed by atoms with Gasteiger partial charge in [-0.3, -0.25) is 14.5 Å². The van der Waals surface area contributed by atoms with Crippen LogP contribution in [-0.2, 0) is 7.05 Å². The number of hydrogen-bond acceptors (Lipinski definition) is 5. The molecule has 7 heteroatoms. The zero-order chi connectivity index (χ0) is 18.1. The lowest BCUT2D eigenvalue weighted by Gasteiger charge is -2.34. The summed E-state index contributed by atoms with van der Waals surface area (Å²) in [5, 5.41) is 10.1. The molecule has 1 unspecified atom stereocenters. The van der Waals surface area contributed by atoms with Crippen molar-refractivity contribution in [2.24, 2.45) is 13.0 Å². The Morgan fingerprint density at radius 1 is 1.23 bits per heavy atom. The van der Waals surface area contributed by atoms with E-state index in [1.54, 1.807) is 0 Å². The Balaban J connectivity index is 1.70. The highest BCUT2D eigenvalue weighted by Crippen LogP contribution is 2.30. The Hall–Kier alpha value is -1.83. The van der Waals surface area contributed by atoms with Crippen LogP contribution in [0.3, 0.4) is 0 Å². The molecule has 1 aromatic carbocycles. The van der Waals surface area contributed by atoms with E-state index in [4.69, 9.17) is 0 Å². The Kier molecular flexibility index (Phi) is 5.02. The molecule has 26 heavy (non-hydrogen) atoms. The van der Waals surface area contributed by atoms with E-state index < -0.39 is 0 Å². The van der Waals surface area contributed by atoms with Crippen molar-refractivity contribution >= 4 is 16.7 Å². The fourth-order valence-corrected chi connectivity index (χ4v) is 4.46. The fraction of sp³-hybridized carbons (Fsp3) is 0.632. The third kappa shape index (κ3) is 3.04. The molecule has 0 radical (unpaired) electrons. The third-order valence-electron chi connectivity index (χ3n) is 5.86. The first-order valence-electron chi connectivity index (χ1n) is 9.74. The zero-order valence-electron chi connectivity index (χ0n) is 15.8. The van der Waals surface area contributed by atoms with Crippen LogP contribution < -0.4 is 26.5 Å². The number of benzene rings is 1. The fourth-order valence-electron chi connectivity index (χ4n) is 4.46. The van der Waals surface area contributed by atoms with Gasteiger partial charge in [0.05, 0.1) is 16.7 Å². The number of imidazole rings is 1. The van der Waals surface area contributed by atoms with Crippen LogP contribution in [0, 0.1) is 5.92 Å². The summed E-state index contributed by atoms with van der Waals surface area (Å²) in [5.41, 5.74) is 3.32. The zero-order valence-corrected chi connectivity index (χ0v) is 15.8. The number of aryl methyl sites for hydroxylation is 1. The van der Waals surface area contributed by atoms with Crippen LogP contribution in [-0.4, -0.2) is 55.5 Å². The van der Waals surface area contributed by atoms with E-state index in [9.17, 15) is 4.79 Å². The predicted molar refractivity (Wildman–Crippen MR) is 106 cm³/mol. The average molecular weight is 358 g/mol. The topological polar surface area (TPSA) is 66.3 Å². The predicted octanol–water partition coefficient (Wildman–Crippen LogP) is 0.467. The van der Waals surface area contributed by atoms with Crippen molar-refractivity contribution in [2.45, 2.75) is 19.0 Å². The average Bonchev–Trinajstić information content (AvgIpc) is 2.94. The van der Waals surface area contributed by atoms with Crippen LogP contribution >= 0.6 is 0 Å². The summed E-state index contributed by atoms with van der Waals surface area (Å²) in [6.45, 7) is 5.79. The number of aromatic nitrogens is 2. The van der Waals surface area contributed by atoms with Gasteiger partial charge in [-0.1, -0.05) is 6.07 Å². The molecule has 1 aromatic heterocycles. The molecule has 0 saturated carbocycles. The molecular weight excluding hydrogens is 328 g/mol. The lowest BCUT2D eigenvalue weighted by molar-refractivity contribution is 0.336. The Morgan fingerprint density at radius 3 is 2.73 bits per heavy atom. The molecule has 1 atom stereocenters. The van der Waals surface area contributed by atoms with Crippen LogP contribution in [0.25, 0.3) is 11.0 Å². The molecular formula is C19H30N6O. The first kappa shape index (κ1) is 17.6. The monoisotopic (exact) mass is 358 g/mol. The van der Waals surface area contributed by atoms with Crippen molar-refractivity contribution in [1.29, 1.82) is 0 Å². The molecule has 2 aliphatic rings. The van der Waals surface area contributed by atoms with Gasteiger partial charge >= 0.3 is 5.69 Å². The molecule has 3 N–H and O–H groups in total. The highest BCUT2D eigenvalue weighted by Gasteiger charge is 2.25. The van der Waals surface area contributed by atoms with Gasteiger partial charge in [0.25, 0.3) is 0 Å². The lowest BCUT2D eigenvalue weighted by Crippen LogP contribution is -2.48. The molecule has 2 fully saturated rings. The minimum atomic E-state index is 0.0107. The second-order valence-corrected chi connectivity index (χ2v) is 7.52. The highest BCUT2D eigenvalue weighted by atomic mass is 16.1. The molecule has 0 amide bonds. The van der Waals surface area contributed by atoms with Crippen molar-refractivity contribution in [3.05, 3.63) is 28.7 Å². The van der Waals surface area contributed by atoms with Gasteiger partial charge < -0.3 is 15.5 Å². The Bertz CT molecular complexity index is 811. The van der Waals surface area contributed by atoms with Gasteiger partial charge in [-0.15, -0.1) is 0 Å². The van der Waals surface area contributed by atoms with Crippen molar-refractivity contribution in [3.63, 3.8) is 0 Å². The number of anilines is 1. The number of rotatable bonds is 4. The first-order valence-corrected chi connectivity index (χ1v) is 9.74. The number of piperazine rings is 1. The largest absolute Gasteiger partial charge is 0.370 e. The summed E-state index contributed by atoms with van der Waals surface area (Å²) >= 11 is 0. The molecule has 0 aliphatic carbocycles. The van der Waals surface area contributed by atoms with E-state index in [1.807, 2.05) is 23.2 Å². The van der Waals surface area contributed by atoms with E-state index in [2.05, 4.69) is 39.0 Å². The van der Waals surface area contributed by atoms with Crippen LogP contribution in [0.15, 0.2) is 23.0 Å². The summed E-state index contributed by atoms with van der Waals surface area (Å²) in [6, 6.07) is 6.32. The molecule has 2 aromatic rings. The Morgan fingerprint density at radius 2 is 2.04 bits per heavy atom. The summed E-state index contributed by atoms with van der Waals surface area (Å²) in [7, 11) is 3.93. The maximum absolute atomic E-state index is 13.0. The second-order valence-electron chi connectivity index (χ2n) is 7.52. The number of fused-ring (bicyclic) bond motifs is 1. The number of nitrogens with zero attached hydrogens (tertiary/aromatic N) is 3. The maximum atomic E-state index is 13.0. The van der Waals surface area contributed by atoms with Gasteiger partial charge in [0.2, 0.25) is 0 Å². The first-order chi connectivity index (χ1) is 12.7. The maximum Gasteiger partial charge on any atom is 0.330 e. The normalized spacial score (nSPS) is 22.2. The smallest absolute Gasteiger partial charge is 0.330 e. The minimum Gasteiger partial charge on any atom is -0.370 e. The number of nitrogens with one attached hydrogen (secondary N) is 3. The van der Waals surface area contributed by atoms with E-state index in [0.29, 0.717) is 0 Å². The van der Waals surface area contributed by atoms with E-state index in [1.165, 1.54) is 18.5 Å². The number of piperidine rings is 1. The molecule has 4 rings (SSSR count). The van der Waals surface area contributed by atoms with Crippen molar-refractivity contribution < 1.29 is 0 Å². The van der Waals surface area contributed by atoms with Crippen LogP contribution in [0.2, 0.25) is 0 Å². The highest BCUT2D eigenvalue weighted by molar-refractivity contribution is 5.89.